The molecule has 0 bridgehead atoms. The van der Waals surface area contributed by atoms with Crippen molar-refractivity contribution in [2.24, 2.45) is 0 Å². The van der Waals surface area contributed by atoms with Crippen LogP contribution in [-0.2, 0) is 19.1 Å². The van der Waals surface area contributed by atoms with Crippen molar-refractivity contribution in [3.63, 3.8) is 0 Å². The molecule has 1 N–H and O–H groups in total. The van der Waals surface area contributed by atoms with E-state index in [4.69, 9.17) is 23.7 Å². The first-order valence-corrected chi connectivity index (χ1v) is 12.4. The zero-order chi connectivity index (χ0) is 26.8. The smallest absolute Gasteiger partial charge is 0.329 e. The lowest BCUT2D eigenvalue weighted by Gasteiger charge is -2.31. The molecule has 4 atom stereocenters. The molecular weight excluding hydrogens is 480 g/mol. The molecule has 10 heteroatoms. The van der Waals surface area contributed by atoms with Gasteiger partial charge in [0.1, 0.15) is 17.9 Å². The quantitative estimate of drug-likeness (QED) is 0.501. The maximum absolute atomic E-state index is 13.1. The summed E-state index contributed by atoms with van der Waals surface area (Å²) >= 11 is 0. The number of nitrogens with zero attached hydrogens (tertiary/aromatic N) is 1. The monoisotopic (exact) mass is 514 g/mol. The summed E-state index contributed by atoms with van der Waals surface area (Å²) < 4.78 is 28.5. The Morgan fingerprint density at radius 3 is 2.59 bits per heavy atom. The molecule has 0 radical (unpaired) electrons. The van der Waals surface area contributed by atoms with Crippen molar-refractivity contribution in [2.45, 2.75) is 70.8 Å². The molecule has 0 spiro atoms. The number of esters is 2. The molecule has 2 aromatic rings. The molecule has 0 saturated carbocycles. The van der Waals surface area contributed by atoms with Crippen LogP contribution < -0.4 is 19.5 Å². The number of para-hydroxylation sites is 1. The second-order valence-electron chi connectivity index (χ2n) is 8.69. The Labute approximate surface area is 216 Å². The van der Waals surface area contributed by atoms with Crippen LogP contribution in [0.5, 0.6) is 17.2 Å². The molecule has 10 nitrogen and oxygen atoms in total. The molecule has 2 heterocycles. The fourth-order valence-corrected chi connectivity index (χ4v) is 4.07. The summed E-state index contributed by atoms with van der Waals surface area (Å²) in [5, 5.41) is 2.68. The van der Waals surface area contributed by atoms with Crippen molar-refractivity contribution in [1.29, 1.82) is 0 Å². The fourth-order valence-electron chi connectivity index (χ4n) is 4.07. The van der Waals surface area contributed by atoms with Gasteiger partial charge in [-0.1, -0.05) is 25.1 Å². The number of amides is 1. The van der Waals surface area contributed by atoms with Crippen LogP contribution in [-0.4, -0.2) is 60.9 Å². The average molecular weight is 515 g/mol. The van der Waals surface area contributed by atoms with Crippen LogP contribution in [0.3, 0.4) is 0 Å². The Kier molecular flexibility index (Phi) is 10.3. The molecule has 37 heavy (non-hydrogen) atoms. The number of carbonyl (C=O) groups is 3. The van der Waals surface area contributed by atoms with Gasteiger partial charge in [0, 0.05) is 25.8 Å². The van der Waals surface area contributed by atoms with Crippen LogP contribution in [0, 0.1) is 0 Å². The summed E-state index contributed by atoms with van der Waals surface area (Å²) in [4.78, 5) is 41.9. The van der Waals surface area contributed by atoms with Gasteiger partial charge in [0.05, 0.1) is 13.2 Å². The van der Waals surface area contributed by atoms with Crippen LogP contribution in [0.2, 0.25) is 0 Å². The van der Waals surface area contributed by atoms with Gasteiger partial charge >= 0.3 is 11.9 Å². The highest BCUT2D eigenvalue weighted by Crippen LogP contribution is 2.30. The molecule has 1 amide bonds. The normalized spacial score (nSPS) is 22.0. The predicted molar refractivity (Wildman–Crippen MR) is 134 cm³/mol. The van der Waals surface area contributed by atoms with Gasteiger partial charge in [-0.15, -0.1) is 0 Å². The minimum atomic E-state index is -0.949. The number of nitrogens with one attached hydrogen (secondary N) is 1. The number of methoxy groups -OCH3 is 1. The number of ether oxygens (including phenoxy) is 5. The van der Waals surface area contributed by atoms with E-state index < -0.39 is 36.1 Å². The van der Waals surface area contributed by atoms with Crippen molar-refractivity contribution >= 4 is 17.8 Å². The number of pyridine rings is 1. The molecule has 3 rings (SSSR count). The average Bonchev–Trinajstić information content (AvgIpc) is 2.93. The number of aromatic nitrogens is 1. The highest BCUT2D eigenvalue weighted by atomic mass is 16.6. The molecule has 1 saturated heterocycles. The zero-order valence-electron chi connectivity index (χ0n) is 21.6. The number of rotatable bonds is 9. The lowest BCUT2D eigenvalue weighted by Crippen LogP contribution is -2.46. The summed E-state index contributed by atoms with van der Waals surface area (Å²) in [7, 11) is 1.38. The molecule has 1 aliphatic rings. The van der Waals surface area contributed by atoms with E-state index in [1.54, 1.807) is 6.92 Å². The summed E-state index contributed by atoms with van der Waals surface area (Å²) in [5.74, 6) is -1.25. The van der Waals surface area contributed by atoms with Gasteiger partial charge in [0.2, 0.25) is 5.75 Å². The van der Waals surface area contributed by atoms with Gasteiger partial charge in [-0.2, -0.15) is 0 Å². The van der Waals surface area contributed by atoms with Gasteiger partial charge < -0.3 is 29.0 Å². The van der Waals surface area contributed by atoms with Crippen LogP contribution in [0.15, 0.2) is 42.6 Å². The predicted octanol–water partition coefficient (Wildman–Crippen LogP) is 3.47. The Morgan fingerprint density at radius 2 is 1.92 bits per heavy atom. The summed E-state index contributed by atoms with van der Waals surface area (Å²) in [5.41, 5.74) is -0.176. The molecule has 0 aliphatic carbocycles. The van der Waals surface area contributed by atoms with Crippen molar-refractivity contribution in [1.82, 2.24) is 10.3 Å². The van der Waals surface area contributed by atoms with Gasteiger partial charge in [-0.3, -0.25) is 9.59 Å². The van der Waals surface area contributed by atoms with E-state index in [9.17, 15) is 14.4 Å². The van der Waals surface area contributed by atoms with E-state index in [0.29, 0.717) is 31.6 Å². The molecule has 200 valence electrons. The third kappa shape index (κ3) is 7.66. The van der Waals surface area contributed by atoms with Crippen molar-refractivity contribution < 1.29 is 38.1 Å². The minimum absolute atomic E-state index is 0.121. The SMILES string of the molecule is CCCO[C@H]1CCC[C@H](NC(=O)c2nccc(OC)c2OC(C)=O)C(=O)O[C@@H](C)[C@@H]1Oc1ccccc1. The second-order valence-corrected chi connectivity index (χ2v) is 8.69. The highest BCUT2D eigenvalue weighted by molar-refractivity contribution is 5.98. The molecule has 1 fully saturated rings. The third-order valence-electron chi connectivity index (χ3n) is 5.80. The lowest BCUT2D eigenvalue weighted by atomic mass is 10.0. The second kappa shape index (κ2) is 13.6. The maximum Gasteiger partial charge on any atom is 0.329 e. The lowest BCUT2D eigenvalue weighted by molar-refractivity contribution is -0.159. The summed E-state index contributed by atoms with van der Waals surface area (Å²) in [6.45, 7) is 5.52. The Morgan fingerprint density at radius 1 is 1.16 bits per heavy atom. The van der Waals surface area contributed by atoms with Gasteiger partial charge in [0.15, 0.2) is 17.5 Å². The van der Waals surface area contributed by atoms with Crippen LogP contribution >= 0.6 is 0 Å². The highest BCUT2D eigenvalue weighted by Gasteiger charge is 2.37. The molecule has 1 aromatic heterocycles. The Balaban J connectivity index is 1.80. The first-order valence-electron chi connectivity index (χ1n) is 12.4. The number of hydrogen-bond donors (Lipinski definition) is 1. The first-order chi connectivity index (χ1) is 17.8. The number of cyclic esters (lactones) is 1. The van der Waals surface area contributed by atoms with E-state index in [2.05, 4.69) is 10.3 Å². The molecular formula is C27H34N2O8. The van der Waals surface area contributed by atoms with Crippen LogP contribution in [0.1, 0.15) is 56.9 Å². The molecule has 1 aliphatic heterocycles. The van der Waals surface area contributed by atoms with E-state index in [0.717, 1.165) is 6.42 Å². The number of carbonyl (C=O) groups excluding carboxylic acids is 3. The van der Waals surface area contributed by atoms with Crippen LogP contribution in [0.25, 0.3) is 0 Å². The maximum atomic E-state index is 13.1. The van der Waals surface area contributed by atoms with Gasteiger partial charge in [-0.05, 0) is 44.7 Å². The largest absolute Gasteiger partial charge is 0.493 e. The van der Waals surface area contributed by atoms with E-state index in [1.807, 2.05) is 37.3 Å². The van der Waals surface area contributed by atoms with Crippen molar-refractivity contribution in [3.8, 4) is 17.2 Å². The number of benzene rings is 1. The van der Waals surface area contributed by atoms with E-state index in [1.165, 1.54) is 26.3 Å². The number of hydrogen-bond acceptors (Lipinski definition) is 9. The molecule has 0 unspecified atom stereocenters. The Hall–Kier alpha value is -3.66. The van der Waals surface area contributed by atoms with E-state index in [-0.39, 0.29) is 23.3 Å². The van der Waals surface area contributed by atoms with Crippen molar-refractivity contribution in [2.75, 3.05) is 13.7 Å². The zero-order valence-corrected chi connectivity index (χ0v) is 21.6. The summed E-state index contributed by atoms with van der Waals surface area (Å²) in [6.07, 6.45) is 2.16. The summed E-state index contributed by atoms with van der Waals surface area (Å²) in [6, 6.07) is 9.81. The molecule has 1 aromatic carbocycles. The van der Waals surface area contributed by atoms with Gasteiger partial charge in [0.25, 0.3) is 5.91 Å². The standard InChI is InChI=1S/C27H34N2O8/c1-5-16-34-22-13-9-12-20(27(32)35-17(2)24(22)37-19-10-7-6-8-11-19)29-26(31)23-25(36-18(3)30)21(33-4)14-15-28-23/h6-8,10-11,14-15,17,20,22,24H,5,9,12-13,16H2,1-4H3,(H,29,31)/t17-,20-,22-,24-/m0/s1. The topological polar surface area (TPSA) is 122 Å². The van der Waals surface area contributed by atoms with Crippen molar-refractivity contribution in [3.05, 3.63) is 48.3 Å². The van der Waals surface area contributed by atoms with Gasteiger partial charge in [-0.25, -0.2) is 9.78 Å². The van der Waals surface area contributed by atoms with Crippen LogP contribution in [0.4, 0.5) is 0 Å². The third-order valence-corrected chi connectivity index (χ3v) is 5.80. The van der Waals surface area contributed by atoms with E-state index >= 15 is 0 Å². The first kappa shape index (κ1) is 27.9. The minimum Gasteiger partial charge on any atom is -0.493 e. The Bertz CT molecular complexity index is 1060. The fraction of sp³-hybridized carbons (Fsp3) is 0.481.